The van der Waals surface area contributed by atoms with Crippen LogP contribution in [-0.4, -0.2) is 88.5 Å². The van der Waals surface area contributed by atoms with Gasteiger partial charge >= 0.3 is 35.8 Å². The van der Waals surface area contributed by atoms with Gasteiger partial charge < -0.3 is 39.5 Å². The number of nitrogens with two attached hydrogens (primary N) is 1. The SMILES string of the molecule is CC(F)c1c(F)cc(F)cc1C=O.CCOC(=O)C1=C(COC(C)=O)NC(C)=C(C(=O)OC)C1c1cc(F)cc(F)c1C(C)F.CCOC(=O)CC(=O)COC(C)=O.COC(=O)/C=C(/C)N. The number of hydrogen-bond acceptors (Lipinski definition) is 16. The van der Waals surface area contributed by atoms with E-state index in [2.05, 4.69) is 19.5 Å². The molecule has 3 unspecified atom stereocenters. The van der Waals surface area contributed by atoms with Crippen molar-refractivity contribution >= 4 is 47.9 Å². The molecule has 3 rings (SSSR count). The second-order valence-electron chi connectivity index (χ2n) is 13.3. The lowest BCUT2D eigenvalue weighted by atomic mass is 9.77. The zero-order valence-corrected chi connectivity index (χ0v) is 37.8. The Bertz CT molecular complexity index is 2180. The average molecular weight is 947 g/mol. The van der Waals surface area contributed by atoms with Crippen LogP contribution >= 0.6 is 0 Å². The number of aldehydes is 1. The largest absolute Gasteiger partial charge is 0.466 e. The summed E-state index contributed by atoms with van der Waals surface area (Å²) in [6.07, 6.45) is -2.42. The van der Waals surface area contributed by atoms with E-state index in [1.54, 1.807) is 13.8 Å². The van der Waals surface area contributed by atoms with Crippen LogP contribution in [0.3, 0.4) is 0 Å². The number of ketones is 1. The van der Waals surface area contributed by atoms with Crippen molar-refractivity contribution < 1.29 is 93.1 Å². The minimum atomic E-state index is -1.90. The summed E-state index contributed by atoms with van der Waals surface area (Å²) < 4.78 is 110. The number of allylic oxidation sites excluding steroid dienone is 2. The standard InChI is InChI=1S/C22H24F3NO6.C9H7F3O.C8H12O5.C5H9NO2/c1-6-31-22(29)20-16(9-32-12(4)27)26-11(3)18(21(28)30-5)19(20)14-7-13(24)8-15(25)17(14)10(2)23;1-5(10)9-6(4-13)2-7(11)3-8(9)12;1-3-12-8(11)4-7(10)5-13-6(2)9;1-4(6)3-5(7)8-2/h7-8,10,19,26H,6,9H2,1-5H3;2-5H,1H3;3-5H2,1-2H3;3H,6H2,1-2H3/b;;;4-3-. The molecule has 66 heavy (non-hydrogen) atoms. The Morgan fingerprint density at radius 2 is 1.27 bits per heavy atom. The summed E-state index contributed by atoms with van der Waals surface area (Å²) in [6.45, 7) is 10.1. The number of nitrogens with one attached hydrogen (secondary N) is 1. The van der Waals surface area contributed by atoms with E-state index >= 15 is 0 Å². The molecule has 0 aliphatic carbocycles. The molecule has 16 nitrogen and oxygen atoms in total. The summed E-state index contributed by atoms with van der Waals surface area (Å²) in [4.78, 5) is 89.4. The van der Waals surface area contributed by atoms with E-state index in [1.807, 2.05) is 0 Å². The van der Waals surface area contributed by atoms with Gasteiger partial charge in [0.25, 0.3) is 0 Å². The average Bonchev–Trinajstić information content (AvgIpc) is 3.21. The van der Waals surface area contributed by atoms with Crippen LogP contribution < -0.4 is 11.1 Å². The van der Waals surface area contributed by atoms with Crippen LogP contribution in [0.15, 0.2) is 58.6 Å². The predicted octanol–water partition coefficient (Wildman–Crippen LogP) is 6.41. The second kappa shape index (κ2) is 29.4. The number of halogens is 6. The molecule has 0 saturated heterocycles. The number of hydrogen-bond donors (Lipinski definition) is 2. The first-order chi connectivity index (χ1) is 30.8. The molecule has 1 aliphatic heterocycles. The van der Waals surface area contributed by atoms with Crippen molar-refractivity contribution in [3.8, 4) is 0 Å². The second-order valence-corrected chi connectivity index (χ2v) is 13.3. The van der Waals surface area contributed by atoms with Gasteiger partial charge in [-0.05, 0) is 59.2 Å². The highest BCUT2D eigenvalue weighted by molar-refractivity contribution is 6.00. The molecule has 2 aromatic carbocycles. The number of methoxy groups -OCH3 is 2. The van der Waals surface area contributed by atoms with Crippen LogP contribution in [0.5, 0.6) is 0 Å². The number of esters is 6. The number of dihydropyridines is 1. The third-order valence-electron chi connectivity index (χ3n) is 8.08. The van der Waals surface area contributed by atoms with E-state index in [0.717, 1.165) is 40.0 Å². The van der Waals surface area contributed by atoms with E-state index in [0.29, 0.717) is 17.8 Å². The normalized spacial score (nSPS) is 13.8. The fourth-order valence-electron chi connectivity index (χ4n) is 5.56. The van der Waals surface area contributed by atoms with Crippen molar-refractivity contribution in [1.29, 1.82) is 0 Å². The minimum absolute atomic E-state index is 0.0240. The molecule has 0 amide bonds. The van der Waals surface area contributed by atoms with E-state index in [1.165, 1.54) is 34.0 Å². The summed E-state index contributed by atoms with van der Waals surface area (Å²) in [6, 6.07) is 2.72. The topological polar surface area (TPSA) is 230 Å². The van der Waals surface area contributed by atoms with Gasteiger partial charge in [-0.15, -0.1) is 0 Å². The van der Waals surface area contributed by atoms with Crippen molar-refractivity contribution in [2.24, 2.45) is 5.73 Å². The van der Waals surface area contributed by atoms with Crippen LogP contribution in [0.4, 0.5) is 26.3 Å². The molecule has 0 fully saturated rings. The van der Waals surface area contributed by atoms with E-state index < -0.39 is 101 Å². The van der Waals surface area contributed by atoms with Gasteiger partial charge in [0.2, 0.25) is 0 Å². The van der Waals surface area contributed by atoms with Crippen molar-refractivity contribution in [2.45, 2.75) is 80.1 Å². The Hall–Kier alpha value is -7.00. The fourth-order valence-corrected chi connectivity index (χ4v) is 5.56. The van der Waals surface area contributed by atoms with Gasteiger partial charge in [-0.25, -0.2) is 40.7 Å². The van der Waals surface area contributed by atoms with Gasteiger partial charge in [0, 0.05) is 60.1 Å². The summed E-state index contributed by atoms with van der Waals surface area (Å²) >= 11 is 0. The molecular formula is C44H52F6N2O14. The summed E-state index contributed by atoms with van der Waals surface area (Å²) in [5.41, 5.74) is 3.85. The van der Waals surface area contributed by atoms with Gasteiger partial charge in [-0.1, -0.05) is 0 Å². The van der Waals surface area contributed by atoms with Crippen molar-refractivity contribution in [3.05, 3.63) is 104 Å². The van der Waals surface area contributed by atoms with Crippen LogP contribution in [0.2, 0.25) is 0 Å². The Morgan fingerprint density at radius 3 is 1.71 bits per heavy atom. The molecule has 0 bridgehead atoms. The zero-order chi connectivity index (χ0) is 51.0. The Labute approximate surface area is 376 Å². The van der Waals surface area contributed by atoms with Gasteiger partial charge in [-0.3, -0.25) is 24.0 Å². The number of ether oxygens (including phenoxy) is 6. The molecule has 0 spiro atoms. The van der Waals surface area contributed by atoms with E-state index in [-0.39, 0.29) is 66.2 Å². The molecule has 0 radical (unpaired) electrons. The lowest BCUT2D eigenvalue weighted by Gasteiger charge is -2.32. The number of Topliss-reactive ketones (excluding diaryl/α,β-unsaturated/α-hetero) is 1. The van der Waals surface area contributed by atoms with Gasteiger partial charge in [0.05, 0.1) is 50.2 Å². The number of benzene rings is 2. The number of carbonyl (C=O) groups is 8. The number of carbonyl (C=O) groups excluding carboxylic acids is 8. The molecule has 2 aromatic rings. The summed E-state index contributed by atoms with van der Waals surface area (Å²) in [5, 5.41) is 2.80. The Kier molecular flexibility index (Phi) is 26.3. The first-order valence-electron chi connectivity index (χ1n) is 19.4. The molecule has 0 saturated carbocycles. The molecule has 1 heterocycles. The Balaban J connectivity index is 0.00000102. The van der Waals surface area contributed by atoms with Gasteiger partial charge in [-0.2, -0.15) is 0 Å². The number of rotatable bonds is 15. The quantitative estimate of drug-likeness (QED) is 0.0491. The third kappa shape index (κ3) is 19.8. The van der Waals surface area contributed by atoms with Gasteiger partial charge in [0.15, 0.2) is 18.7 Å². The maximum atomic E-state index is 14.6. The minimum Gasteiger partial charge on any atom is -0.466 e. The summed E-state index contributed by atoms with van der Waals surface area (Å²) in [5.74, 6) is -10.1. The zero-order valence-electron chi connectivity index (χ0n) is 37.8. The van der Waals surface area contributed by atoms with Crippen molar-refractivity contribution in [3.63, 3.8) is 0 Å². The van der Waals surface area contributed by atoms with Crippen LogP contribution in [0, 0.1) is 23.3 Å². The monoisotopic (exact) mass is 946 g/mol. The van der Waals surface area contributed by atoms with E-state index in [4.69, 9.17) is 19.9 Å². The van der Waals surface area contributed by atoms with Crippen molar-refractivity contribution in [2.75, 3.05) is 40.6 Å². The Morgan fingerprint density at radius 1 is 0.742 bits per heavy atom. The molecule has 22 heteroatoms. The molecule has 3 atom stereocenters. The lowest BCUT2D eigenvalue weighted by molar-refractivity contribution is -0.151. The molecule has 364 valence electrons. The van der Waals surface area contributed by atoms with E-state index in [9.17, 15) is 64.7 Å². The maximum Gasteiger partial charge on any atom is 0.336 e. The number of alkyl halides is 2. The fraction of sp³-hybridized carbons (Fsp3) is 0.409. The maximum absolute atomic E-state index is 14.6. The third-order valence-corrected chi connectivity index (χ3v) is 8.08. The highest BCUT2D eigenvalue weighted by Crippen LogP contribution is 2.43. The highest BCUT2D eigenvalue weighted by atomic mass is 19.2. The van der Waals surface area contributed by atoms with Crippen LogP contribution in [0.25, 0.3) is 0 Å². The van der Waals surface area contributed by atoms with Crippen molar-refractivity contribution in [1.82, 2.24) is 5.32 Å². The predicted molar refractivity (Wildman–Crippen MR) is 221 cm³/mol. The molecule has 1 aliphatic rings. The molecule has 0 aromatic heterocycles. The first kappa shape index (κ1) is 59.0. The van der Waals surface area contributed by atoms with Crippen LogP contribution in [0.1, 0.15) is 107 Å². The van der Waals surface area contributed by atoms with Crippen LogP contribution in [-0.2, 0) is 62.0 Å². The highest BCUT2D eigenvalue weighted by Gasteiger charge is 2.41. The van der Waals surface area contributed by atoms with Gasteiger partial charge in [0.1, 0.15) is 48.6 Å². The molecule has 3 N–H and O–H groups in total. The first-order valence-corrected chi connectivity index (χ1v) is 19.4. The smallest absolute Gasteiger partial charge is 0.336 e. The molecular weight excluding hydrogens is 894 g/mol. The summed E-state index contributed by atoms with van der Waals surface area (Å²) in [7, 11) is 2.40. The lowest BCUT2D eigenvalue weighted by Crippen LogP contribution is -2.35.